The molecular formula is C22H28F3N5O5S. The second kappa shape index (κ2) is 11.4. The number of nitrogens with one attached hydrogen (secondary N) is 3. The summed E-state index contributed by atoms with van der Waals surface area (Å²) in [6.07, 6.45) is 1.80. The van der Waals surface area contributed by atoms with Gasteiger partial charge >= 0.3 is 6.18 Å². The van der Waals surface area contributed by atoms with Gasteiger partial charge in [-0.2, -0.15) is 13.2 Å². The Hall–Kier alpha value is -3.00. The van der Waals surface area contributed by atoms with Crippen molar-refractivity contribution < 1.29 is 35.7 Å². The van der Waals surface area contributed by atoms with Gasteiger partial charge in [-0.3, -0.25) is 9.59 Å². The highest BCUT2D eigenvalue weighted by Gasteiger charge is 2.33. The van der Waals surface area contributed by atoms with Gasteiger partial charge in [-0.05, 0) is 36.8 Å². The molecule has 10 nitrogen and oxygen atoms in total. The minimum atomic E-state index is -4.71. The molecule has 1 atom stereocenters. The van der Waals surface area contributed by atoms with Gasteiger partial charge in [-0.25, -0.2) is 18.1 Å². The maximum Gasteiger partial charge on any atom is 0.402 e. The number of nitrogens with zero attached hydrogens (tertiary/aromatic N) is 2. The largest absolute Gasteiger partial charge is 0.402 e. The molecule has 2 heterocycles. The fourth-order valence-electron chi connectivity index (χ4n) is 3.98. The highest BCUT2D eigenvalue weighted by atomic mass is 32.2. The van der Waals surface area contributed by atoms with Gasteiger partial charge in [-0.1, -0.05) is 38.3 Å². The number of hydrogen-bond donors (Lipinski definition) is 3. The van der Waals surface area contributed by atoms with Crippen molar-refractivity contribution in [1.82, 2.24) is 20.2 Å². The summed E-state index contributed by atoms with van der Waals surface area (Å²) in [6, 6.07) is 1.28. The Labute approximate surface area is 206 Å². The van der Waals surface area contributed by atoms with Gasteiger partial charge in [0.05, 0.1) is 0 Å². The van der Waals surface area contributed by atoms with Gasteiger partial charge in [0.1, 0.15) is 29.6 Å². The Morgan fingerprint density at radius 1 is 1.17 bits per heavy atom. The summed E-state index contributed by atoms with van der Waals surface area (Å²) in [5.41, 5.74) is 0.700. The van der Waals surface area contributed by atoms with E-state index in [-0.39, 0.29) is 23.3 Å². The second-order valence-electron chi connectivity index (χ2n) is 8.93. The zero-order valence-corrected chi connectivity index (χ0v) is 20.6. The van der Waals surface area contributed by atoms with Crippen molar-refractivity contribution >= 4 is 27.7 Å². The lowest BCUT2D eigenvalue weighted by Crippen LogP contribution is -2.49. The third-order valence-electron chi connectivity index (χ3n) is 5.89. The van der Waals surface area contributed by atoms with Crippen LogP contribution < -0.4 is 15.4 Å². The molecule has 3 rings (SSSR count). The third kappa shape index (κ3) is 7.26. The van der Waals surface area contributed by atoms with Gasteiger partial charge in [0, 0.05) is 11.8 Å². The Morgan fingerprint density at radius 2 is 1.86 bits per heavy atom. The molecule has 1 fully saturated rings. The molecule has 0 aliphatic heterocycles. The van der Waals surface area contributed by atoms with E-state index >= 15 is 0 Å². The zero-order valence-electron chi connectivity index (χ0n) is 19.8. The Balaban J connectivity index is 1.74. The predicted molar refractivity (Wildman–Crippen MR) is 123 cm³/mol. The average Bonchev–Trinajstić information content (AvgIpc) is 3.32. The SMILES string of the molecule is CC(C)c1conc1C(=O)N[C@H](C(=O)Nc1ccc(S(=O)(=O)NCC(F)(F)F)cn1)C1CCCCC1. The summed E-state index contributed by atoms with van der Waals surface area (Å²) in [5.74, 6) is -1.28. The number of anilines is 1. The number of carbonyl (C=O) groups is 2. The summed E-state index contributed by atoms with van der Waals surface area (Å²) in [7, 11) is -4.44. The number of sulfonamides is 1. The second-order valence-corrected chi connectivity index (χ2v) is 10.7. The molecule has 0 bridgehead atoms. The summed E-state index contributed by atoms with van der Waals surface area (Å²) in [6.45, 7) is 2.03. The van der Waals surface area contributed by atoms with Gasteiger partial charge < -0.3 is 15.2 Å². The molecule has 1 saturated carbocycles. The highest BCUT2D eigenvalue weighted by Crippen LogP contribution is 2.28. The number of pyridine rings is 1. The topological polar surface area (TPSA) is 143 Å². The number of halogens is 3. The average molecular weight is 532 g/mol. The van der Waals surface area contributed by atoms with E-state index in [1.165, 1.54) is 11.0 Å². The molecule has 0 aromatic carbocycles. The smallest absolute Gasteiger partial charge is 0.364 e. The first kappa shape index (κ1) is 27.6. The van der Waals surface area contributed by atoms with Crippen LogP contribution in [-0.2, 0) is 14.8 Å². The van der Waals surface area contributed by atoms with Crippen molar-refractivity contribution in [3.05, 3.63) is 35.9 Å². The molecule has 1 aliphatic carbocycles. The molecule has 36 heavy (non-hydrogen) atoms. The molecule has 0 saturated heterocycles. The number of carbonyl (C=O) groups excluding carboxylic acids is 2. The number of hydrogen-bond acceptors (Lipinski definition) is 7. The van der Waals surface area contributed by atoms with Crippen LogP contribution in [0, 0.1) is 5.92 Å². The zero-order chi connectivity index (χ0) is 26.5. The lowest BCUT2D eigenvalue weighted by Gasteiger charge is -2.29. The number of amides is 2. The van der Waals surface area contributed by atoms with E-state index in [0.29, 0.717) is 5.56 Å². The van der Waals surface area contributed by atoms with Crippen LogP contribution in [0.1, 0.15) is 67.9 Å². The third-order valence-corrected chi connectivity index (χ3v) is 7.27. The quantitative estimate of drug-likeness (QED) is 0.450. The Morgan fingerprint density at radius 3 is 2.44 bits per heavy atom. The van der Waals surface area contributed by atoms with E-state index in [0.717, 1.165) is 50.4 Å². The lowest BCUT2D eigenvalue weighted by atomic mass is 9.83. The van der Waals surface area contributed by atoms with E-state index in [4.69, 9.17) is 4.52 Å². The standard InChI is InChI=1S/C22H28F3N5O5S/c1-13(2)16-11-35-30-19(16)21(32)29-18(14-6-4-3-5-7-14)20(31)28-17-9-8-15(10-26-17)36(33,34)27-12-22(23,24)25/h8-11,13-14,18,27H,3-7,12H2,1-2H3,(H,29,32)(H,26,28,31)/t18-/m0/s1. The first-order valence-electron chi connectivity index (χ1n) is 11.5. The van der Waals surface area contributed by atoms with Crippen LogP contribution in [0.25, 0.3) is 0 Å². The summed E-state index contributed by atoms with van der Waals surface area (Å²) in [4.78, 5) is 29.5. The summed E-state index contributed by atoms with van der Waals surface area (Å²) in [5, 5.41) is 9.09. The van der Waals surface area contributed by atoms with Crippen LogP contribution in [0.2, 0.25) is 0 Å². The Bertz CT molecular complexity index is 1160. The Kier molecular flexibility index (Phi) is 8.71. The number of alkyl halides is 3. The highest BCUT2D eigenvalue weighted by molar-refractivity contribution is 7.89. The summed E-state index contributed by atoms with van der Waals surface area (Å²) < 4.78 is 67.5. The maximum absolute atomic E-state index is 13.2. The molecule has 2 amide bonds. The van der Waals surface area contributed by atoms with E-state index in [1.807, 2.05) is 13.8 Å². The molecule has 2 aromatic rings. The van der Waals surface area contributed by atoms with Gasteiger partial charge in [-0.15, -0.1) is 0 Å². The normalized spacial score (nSPS) is 16.1. The number of rotatable bonds is 9. The van der Waals surface area contributed by atoms with Crippen LogP contribution in [0.15, 0.2) is 34.0 Å². The molecule has 0 radical (unpaired) electrons. The van der Waals surface area contributed by atoms with Crippen LogP contribution in [0.4, 0.5) is 19.0 Å². The minimum Gasteiger partial charge on any atom is -0.364 e. The minimum absolute atomic E-state index is 0.0193. The van der Waals surface area contributed by atoms with Crippen molar-refractivity contribution in [3.63, 3.8) is 0 Å². The van der Waals surface area contributed by atoms with Crippen LogP contribution in [0.5, 0.6) is 0 Å². The van der Waals surface area contributed by atoms with E-state index in [2.05, 4.69) is 20.8 Å². The predicted octanol–water partition coefficient (Wildman–Crippen LogP) is 3.35. The van der Waals surface area contributed by atoms with Crippen molar-refractivity contribution in [3.8, 4) is 0 Å². The first-order valence-corrected chi connectivity index (χ1v) is 12.9. The van der Waals surface area contributed by atoms with Crippen molar-refractivity contribution in [2.75, 3.05) is 11.9 Å². The number of aromatic nitrogens is 2. The fourth-order valence-corrected chi connectivity index (χ4v) is 4.94. The molecule has 0 unspecified atom stereocenters. The van der Waals surface area contributed by atoms with Gasteiger partial charge in [0.2, 0.25) is 15.9 Å². The van der Waals surface area contributed by atoms with Crippen molar-refractivity contribution in [2.45, 2.75) is 69.0 Å². The van der Waals surface area contributed by atoms with Crippen molar-refractivity contribution in [2.24, 2.45) is 5.92 Å². The molecule has 1 aliphatic rings. The molecule has 3 N–H and O–H groups in total. The molecule has 198 valence electrons. The molecule has 2 aromatic heterocycles. The maximum atomic E-state index is 13.2. The monoisotopic (exact) mass is 531 g/mol. The van der Waals surface area contributed by atoms with Crippen molar-refractivity contribution in [1.29, 1.82) is 0 Å². The van der Waals surface area contributed by atoms with Crippen LogP contribution in [-0.4, -0.2) is 49.1 Å². The molecular weight excluding hydrogens is 503 g/mol. The van der Waals surface area contributed by atoms with E-state index in [9.17, 15) is 31.2 Å². The fraction of sp³-hybridized carbons (Fsp3) is 0.545. The molecule has 0 spiro atoms. The van der Waals surface area contributed by atoms with E-state index < -0.39 is 45.5 Å². The van der Waals surface area contributed by atoms with Crippen LogP contribution >= 0.6 is 0 Å². The summed E-state index contributed by atoms with van der Waals surface area (Å²) >= 11 is 0. The molecule has 14 heteroatoms. The first-order chi connectivity index (χ1) is 16.9. The van der Waals surface area contributed by atoms with E-state index in [1.54, 1.807) is 0 Å². The van der Waals surface area contributed by atoms with Gasteiger partial charge in [0.25, 0.3) is 5.91 Å². The van der Waals surface area contributed by atoms with Crippen LogP contribution in [0.3, 0.4) is 0 Å². The van der Waals surface area contributed by atoms with Gasteiger partial charge in [0.15, 0.2) is 5.69 Å². The lowest BCUT2D eigenvalue weighted by molar-refractivity contribution is -0.121.